The van der Waals surface area contributed by atoms with Gasteiger partial charge in [-0.25, -0.2) is 0 Å². The number of alkyl halides is 3. The van der Waals surface area contributed by atoms with Crippen molar-refractivity contribution in [1.82, 2.24) is 15.1 Å². The van der Waals surface area contributed by atoms with Crippen LogP contribution in [0.2, 0.25) is 0 Å². The molecule has 2 aliphatic rings. The molecule has 0 aliphatic carbocycles. The van der Waals surface area contributed by atoms with Crippen molar-refractivity contribution >= 4 is 29.9 Å². The van der Waals surface area contributed by atoms with Gasteiger partial charge in [-0.3, -0.25) is 4.99 Å². The zero-order valence-corrected chi connectivity index (χ0v) is 19.7. The summed E-state index contributed by atoms with van der Waals surface area (Å²) in [4.78, 5) is 9.17. The van der Waals surface area contributed by atoms with E-state index in [0.717, 1.165) is 44.1 Å². The van der Waals surface area contributed by atoms with Crippen molar-refractivity contribution in [2.45, 2.75) is 31.9 Å². The summed E-state index contributed by atoms with van der Waals surface area (Å²) in [6, 6.07) is 5.10. The number of nitrogens with zero attached hydrogens (tertiary/aromatic N) is 3. The average Bonchev–Trinajstić information content (AvgIpc) is 3.16. The number of piperidine rings is 1. The van der Waals surface area contributed by atoms with Crippen LogP contribution in [0, 0.1) is 17.8 Å². The Labute approximate surface area is 194 Å². The smallest absolute Gasteiger partial charge is 0.345 e. The molecule has 1 aromatic carbocycles. The van der Waals surface area contributed by atoms with Gasteiger partial charge in [0.2, 0.25) is 0 Å². The second kappa shape index (κ2) is 11.8. The van der Waals surface area contributed by atoms with E-state index in [1.165, 1.54) is 38.4 Å². The molecule has 2 heterocycles. The molecule has 0 spiro atoms. The van der Waals surface area contributed by atoms with Gasteiger partial charge in [0.05, 0.1) is 12.1 Å². The van der Waals surface area contributed by atoms with Gasteiger partial charge in [0.25, 0.3) is 0 Å². The summed E-state index contributed by atoms with van der Waals surface area (Å²) in [5, 5.41) is 3.22. The minimum absolute atomic E-state index is 0. The first kappa shape index (κ1) is 24.8. The van der Waals surface area contributed by atoms with Crippen LogP contribution in [0.1, 0.15) is 36.8 Å². The Morgan fingerprint density at radius 3 is 2.67 bits per heavy atom. The van der Waals surface area contributed by atoms with Crippen molar-refractivity contribution in [1.29, 1.82) is 0 Å². The van der Waals surface area contributed by atoms with Gasteiger partial charge in [0, 0.05) is 32.2 Å². The van der Waals surface area contributed by atoms with Gasteiger partial charge < -0.3 is 15.1 Å². The molecule has 1 unspecified atom stereocenters. The van der Waals surface area contributed by atoms with Gasteiger partial charge in [0.1, 0.15) is 0 Å². The molecule has 0 bridgehead atoms. The van der Waals surface area contributed by atoms with E-state index in [1.807, 2.05) is 0 Å². The third kappa shape index (κ3) is 7.34. The first-order valence-corrected chi connectivity index (χ1v) is 10.3. The topological polar surface area (TPSA) is 30.9 Å². The monoisotopic (exact) mass is 534 g/mol. The highest BCUT2D eigenvalue weighted by Gasteiger charge is 2.30. The lowest BCUT2D eigenvalue weighted by molar-refractivity contribution is -0.137. The molecule has 2 saturated heterocycles. The molecule has 166 valence electrons. The molecular formula is C22H30F3IN4. The van der Waals surface area contributed by atoms with E-state index >= 15 is 0 Å². The summed E-state index contributed by atoms with van der Waals surface area (Å²) in [5.41, 5.74) is -0.315. The Hall–Kier alpha value is -1.47. The van der Waals surface area contributed by atoms with Gasteiger partial charge in [-0.1, -0.05) is 24.3 Å². The van der Waals surface area contributed by atoms with Crippen LogP contribution in [0.5, 0.6) is 0 Å². The predicted molar refractivity (Wildman–Crippen MR) is 125 cm³/mol. The van der Waals surface area contributed by atoms with E-state index in [-0.39, 0.29) is 24.0 Å². The number of aliphatic imine (C=N–C) groups is 1. The summed E-state index contributed by atoms with van der Waals surface area (Å²) in [7, 11) is 1.75. The number of halogens is 4. The second-order valence-corrected chi connectivity index (χ2v) is 7.74. The number of nitrogens with one attached hydrogen (secondary N) is 1. The van der Waals surface area contributed by atoms with Gasteiger partial charge in [0.15, 0.2) is 5.96 Å². The average molecular weight is 534 g/mol. The third-order valence-corrected chi connectivity index (χ3v) is 5.52. The maximum atomic E-state index is 12.8. The molecular weight excluding hydrogens is 504 g/mol. The molecule has 1 aromatic rings. The highest BCUT2D eigenvalue weighted by atomic mass is 127. The van der Waals surface area contributed by atoms with Crippen molar-refractivity contribution in [3.63, 3.8) is 0 Å². The summed E-state index contributed by atoms with van der Waals surface area (Å²) < 4.78 is 38.3. The van der Waals surface area contributed by atoms with Crippen LogP contribution in [-0.2, 0) is 6.18 Å². The summed E-state index contributed by atoms with van der Waals surface area (Å²) >= 11 is 0. The Bertz CT molecular complexity index is 764. The van der Waals surface area contributed by atoms with E-state index in [9.17, 15) is 13.2 Å². The zero-order chi connectivity index (χ0) is 20.7. The first-order valence-electron chi connectivity index (χ1n) is 10.3. The highest BCUT2D eigenvalue weighted by Crippen LogP contribution is 2.29. The van der Waals surface area contributed by atoms with Gasteiger partial charge >= 0.3 is 6.18 Å². The number of guanidine groups is 1. The van der Waals surface area contributed by atoms with Crippen LogP contribution in [-0.4, -0.2) is 62.1 Å². The van der Waals surface area contributed by atoms with Crippen molar-refractivity contribution < 1.29 is 13.2 Å². The molecule has 3 rings (SSSR count). The van der Waals surface area contributed by atoms with E-state index in [1.54, 1.807) is 13.1 Å². The van der Waals surface area contributed by atoms with E-state index in [2.05, 4.69) is 31.9 Å². The SMILES string of the molecule is CN=C(NCC#Cc1cccc(C(F)(F)F)c1)N1CCC(CN2CCCCC2)C1.I. The Balaban J connectivity index is 0.00000320. The molecule has 1 atom stereocenters. The Kier molecular flexibility index (Phi) is 9.75. The fraction of sp³-hybridized carbons (Fsp3) is 0.591. The fourth-order valence-electron chi connectivity index (χ4n) is 4.06. The van der Waals surface area contributed by atoms with Crippen LogP contribution in [0.15, 0.2) is 29.3 Å². The largest absolute Gasteiger partial charge is 0.416 e. The summed E-state index contributed by atoms with van der Waals surface area (Å²) in [6.07, 6.45) is 0.783. The highest BCUT2D eigenvalue weighted by molar-refractivity contribution is 14.0. The maximum Gasteiger partial charge on any atom is 0.416 e. The maximum absolute atomic E-state index is 12.8. The molecule has 0 amide bonds. The van der Waals surface area contributed by atoms with Gasteiger partial charge in [-0.15, -0.1) is 24.0 Å². The van der Waals surface area contributed by atoms with Crippen LogP contribution in [0.4, 0.5) is 13.2 Å². The minimum atomic E-state index is -4.35. The lowest BCUT2D eigenvalue weighted by Crippen LogP contribution is -2.41. The fourth-order valence-corrected chi connectivity index (χ4v) is 4.06. The zero-order valence-electron chi connectivity index (χ0n) is 17.3. The summed E-state index contributed by atoms with van der Waals surface area (Å²) in [6.45, 7) is 5.89. The first-order chi connectivity index (χ1) is 14.0. The molecule has 30 heavy (non-hydrogen) atoms. The number of likely N-dealkylation sites (tertiary alicyclic amines) is 2. The Morgan fingerprint density at radius 2 is 1.97 bits per heavy atom. The van der Waals surface area contributed by atoms with Crippen molar-refractivity contribution in [2.75, 3.05) is 46.3 Å². The third-order valence-electron chi connectivity index (χ3n) is 5.52. The van der Waals surface area contributed by atoms with E-state index in [0.29, 0.717) is 18.0 Å². The van der Waals surface area contributed by atoms with E-state index in [4.69, 9.17) is 0 Å². The van der Waals surface area contributed by atoms with Gasteiger partial charge in [-0.2, -0.15) is 13.2 Å². The van der Waals surface area contributed by atoms with Crippen molar-refractivity contribution in [3.8, 4) is 11.8 Å². The number of benzene rings is 1. The lowest BCUT2D eigenvalue weighted by atomic mass is 10.1. The minimum Gasteiger partial charge on any atom is -0.345 e. The van der Waals surface area contributed by atoms with Crippen LogP contribution >= 0.6 is 24.0 Å². The van der Waals surface area contributed by atoms with Crippen molar-refractivity contribution in [3.05, 3.63) is 35.4 Å². The molecule has 0 saturated carbocycles. The molecule has 8 heteroatoms. The second-order valence-electron chi connectivity index (χ2n) is 7.74. The van der Waals surface area contributed by atoms with Crippen molar-refractivity contribution in [2.24, 2.45) is 10.9 Å². The molecule has 0 aromatic heterocycles. The normalized spacial score (nSPS) is 20.3. The number of hydrogen-bond acceptors (Lipinski definition) is 2. The molecule has 0 radical (unpaired) electrons. The molecule has 2 fully saturated rings. The Morgan fingerprint density at radius 1 is 1.20 bits per heavy atom. The van der Waals surface area contributed by atoms with Crippen LogP contribution < -0.4 is 5.32 Å². The van der Waals surface area contributed by atoms with Gasteiger partial charge in [-0.05, 0) is 56.5 Å². The van der Waals surface area contributed by atoms with E-state index < -0.39 is 11.7 Å². The number of hydrogen-bond donors (Lipinski definition) is 1. The molecule has 4 nitrogen and oxygen atoms in total. The quantitative estimate of drug-likeness (QED) is 0.275. The van der Waals surface area contributed by atoms with Crippen LogP contribution in [0.25, 0.3) is 0 Å². The standard InChI is InChI=1S/C22H29F3N4.HI/c1-26-21(29-14-10-19(17-29)16-28-12-3-2-4-13-28)27-11-6-8-18-7-5-9-20(15-18)22(23,24)25;/h5,7,9,15,19H,2-4,10-14,16-17H2,1H3,(H,26,27);1H. The lowest BCUT2D eigenvalue weighted by Gasteiger charge is -2.29. The van der Waals surface area contributed by atoms with Crippen LogP contribution in [0.3, 0.4) is 0 Å². The number of rotatable bonds is 3. The molecule has 1 N–H and O–H groups in total. The predicted octanol–water partition coefficient (Wildman–Crippen LogP) is 4.06. The molecule has 2 aliphatic heterocycles. The summed E-state index contributed by atoms with van der Waals surface area (Å²) in [5.74, 6) is 7.16.